The summed E-state index contributed by atoms with van der Waals surface area (Å²) >= 11 is 0. The summed E-state index contributed by atoms with van der Waals surface area (Å²) in [5.74, 6) is -1.21. The van der Waals surface area contributed by atoms with Crippen molar-refractivity contribution in [2.45, 2.75) is 51.4 Å². The van der Waals surface area contributed by atoms with Gasteiger partial charge in [0.05, 0.1) is 6.54 Å². The first-order chi connectivity index (χ1) is 12.6. The summed E-state index contributed by atoms with van der Waals surface area (Å²) in [6.45, 7) is 5.33. The maximum atomic E-state index is 12.4. The number of hydrogen-bond donors (Lipinski definition) is 2. The van der Waals surface area contributed by atoms with Crippen LogP contribution >= 0.6 is 0 Å². The van der Waals surface area contributed by atoms with Crippen LogP contribution in [0.15, 0.2) is 30.3 Å². The van der Waals surface area contributed by atoms with Crippen molar-refractivity contribution in [2.75, 3.05) is 13.1 Å². The van der Waals surface area contributed by atoms with Gasteiger partial charge in [-0.15, -0.1) is 0 Å². The van der Waals surface area contributed by atoms with E-state index in [-0.39, 0.29) is 19.6 Å². The van der Waals surface area contributed by atoms with Crippen LogP contribution in [0.2, 0.25) is 0 Å². The first-order valence-corrected chi connectivity index (χ1v) is 8.81. The van der Waals surface area contributed by atoms with E-state index in [0.29, 0.717) is 13.0 Å². The van der Waals surface area contributed by atoms with Crippen LogP contribution in [0.4, 0.5) is 9.59 Å². The molecule has 1 heterocycles. The summed E-state index contributed by atoms with van der Waals surface area (Å²) in [6, 6.07) is 9.19. The molecule has 2 amide bonds. The molecule has 148 valence electrons. The highest BCUT2D eigenvalue weighted by Crippen LogP contribution is 2.23. The predicted molar refractivity (Wildman–Crippen MR) is 97.2 cm³/mol. The van der Waals surface area contributed by atoms with Crippen molar-refractivity contribution in [2.24, 2.45) is 0 Å². The molecule has 1 aromatic rings. The maximum Gasteiger partial charge on any atom is 0.410 e. The summed E-state index contributed by atoms with van der Waals surface area (Å²) in [4.78, 5) is 37.6. The fourth-order valence-corrected chi connectivity index (χ4v) is 2.85. The number of benzene rings is 1. The number of hydrogen-bond acceptors (Lipinski definition) is 5. The average Bonchev–Trinajstić information content (AvgIpc) is 2.59. The van der Waals surface area contributed by atoms with E-state index < -0.39 is 29.3 Å². The molecule has 0 aliphatic carbocycles. The number of carboxylic acid groups (broad SMARTS) is 1. The first-order valence-electron chi connectivity index (χ1n) is 8.81. The van der Waals surface area contributed by atoms with Crippen molar-refractivity contribution in [1.29, 1.82) is 0 Å². The fraction of sp³-hybridized carbons (Fsp3) is 0.526. The lowest BCUT2D eigenvalue weighted by molar-refractivity contribution is -0.147. The number of alkyl carbamates (subject to hydrolysis) is 1. The number of nitrogens with zero attached hydrogens (tertiary/aromatic N) is 1. The summed E-state index contributed by atoms with van der Waals surface area (Å²) < 4.78 is 10.4. The molecule has 0 radical (unpaired) electrons. The van der Waals surface area contributed by atoms with Crippen LogP contribution in [-0.2, 0) is 20.9 Å². The van der Waals surface area contributed by atoms with Crippen LogP contribution in [0.5, 0.6) is 0 Å². The Kier molecular flexibility index (Phi) is 6.30. The zero-order valence-electron chi connectivity index (χ0n) is 15.9. The molecule has 0 bridgehead atoms. The Bertz CT molecular complexity index is 685. The quantitative estimate of drug-likeness (QED) is 0.835. The summed E-state index contributed by atoms with van der Waals surface area (Å²) in [5.41, 5.74) is -1.53. The summed E-state index contributed by atoms with van der Waals surface area (Å²) in [7, 11) is 0. The molecular formula is C19H26N2O6. The fourth-order valence-electron chi connectivity index (χ4n) is 2.85. The molecule has 1 aliphatic heterocycles. The van der Waals surface area contributed by atoms with Gasteiger partial charge in [0.2, 0.25) is 0 Å². The Morgan fingerprint density at radius 2 is 1.89 bits per heavy atom. The molecule has 0 unspecified atom stereocenters. The number of carbonyl (C=O) groups is 3. The monoisotopic (exact) mass is 378 g/mol. The predicted octanol–water partition coefficient (Wildman–Crippen LogP) is 2.77. The van der Waals surface area contributed by atoms with Crippen LogP contribution in [-0.4, -0.2) is 52.4 Å². The van der Waals surface area contributed by atoms with E-state index in [1.54, 1.807) is 20.8 Å². The van der Waals surface area contributed by atoms with Crippen molar-refractivity contribution < 1.29 is 29.0 Å². The Hall–Kier alpha value is -2.77. The standard InChI is InChI=1S/C19H26N2O6/c1-18(2,3)27-16(24)20-19(15(22)23)10-7-11-21(13-19)17(25)26-12-14-8-5-4-6-9-14/h4-6,8-9H,7,10-13H2,1-3H3,(H,20,24)(H,22,23)/t19-/m1/s1. The zero-order chi connectivity index (χ0) is 20.1. The third-order valence-corrected chi connectivity index (χ3v) is 4.11. The normalized spacial score (nSPS) is 19.9. The van der Waals surface area contributed by atoms with Gasteiger partial charge in [0, 0.05) is 6.54 Å². The number of ether oxygens (including phenoxy) is 2. The molecule has 8 nitrogen and oxygen atoms in total. The van der Waals surface area contributed by atoms with Crippen molar-refractivity contribution in [1.82, 2.24) is 10.2 Å². The van der Waals surface area contributed by atoms with Crippen LogP contribution in [0.25, 0.3) is 0 Å². The Morgan fingerprint density at radius 3 is 2.48 bits per heavy atom. The highest BCUT2D eigenvalue weighted by Gasteiger charge is 2.46. The van der Waals surface area contributed by atoms with E-state index >= 15 is 0 Å². The number of nitrogens with one attached hydrogen (secondary N) is 1. The van der Waals surface area contributed by atoms with Gasteiger partial charge in [0.15, 0.2) is 5.54 Å². The van der Waals surface area contributed by atoms with Gasteiger partial charge in [-0.3, -0.25) is 0 Å². The van der Waals surface area contributed by atoms with Gasteiger partial charge in [0.1, 0.15) is 12.2 Å². The van der Waals surface area contributed by atoms with Gasteiger partial charge < -0.3 is 24.8 Å². The third-order valence-electron chi connectivity index (χ3n) is 4.11. The second-order valence-corrected chi connectivity index (χ2v) is 7.58. The number of amides is 2. The zero-order valence-corrected chi connectivity index (χ0v) is 15.9. The van der Waals surface area contributed by atoms with Gasteiger partial charge in [-0.25, -0.2) is 14.4 Å². The van der Waals surface area contributed by atoms with Gasteiger partial charge >= 0.3 is 18.2 Å². The highest BCUT2D eigenvalue weighted by atomic mass is 16.6. The second-order valence-electron chi connectivity index (χ2n) is 7.58. The SMILES string of the molecule is CC(C)(C)OC(=O)N[C@]1(C(=O)O)CCCN(C(=O)OCc2ccccc2)C1. The molecular weight excluding hydrogens is 352 g/mol. The molecule has 0 aromatic heterocycles. The topological polar surface area (TPSA) is 105 Å². The van der Waals surface area contributed by atoms with Gasteiger partial charge in [-0.05, 0) is 39.2 Å². The first kappa shape index (κ1) is 20.5. The second kappa shape index (κ2) is 8.28. The lowest BCUT2D eigenvalue weighted by Gasteiger charge is -2.39. The highest BCUT2D eigenvalue weighted by molar-refractivity contribution is 5.85. The minimum absolute atomic E-state index is 0.0930. The van der Waals surface area contributed by atoms with Crippen molar-refractivity contribution in [3.63, 3.8) is 0 Å². The Labute approximate surface area is 158 Å². The van der Waals surface area contributed by atoms with E-state index in [1.165, 1.54) is 4.90 Å². The third kappa shape index (κ3) is 5.87. The van der Waals surface area contributed by atoms with Crippen LogP contribution in [0, 0.1) is 0 Å². The number of likely N-dealkylation sites (tertiary alicyclic amines) is 1. The van der Waals surface area contributed by atoms with E-state index in [9.17, 15) is 19.5 Å². The van der Waals surface area contributed by atoms with E-state index in [4.69, 9.17) is 9.47 Å². The molecule has 1 saturated heterocycles. The van der Waals surface area contributed by atoms with Crippen molar-refractivity contribution >= 4 is 18.2 Å². The molecule has 2 N–H and O–H groups in total. The van der Waals surface area contributed by atoms with E-state index in [2.05, 4.69) is 5.32 Å². The van der Waals surface area contributed by atoms with Crippen LogP contribution < -0.4 is 5.32 Å². The van der Waals surface area contributed by atoms with E-state index in [1.807, 2.05) is 30.3 Å². The van der Waals surface area contributed by atoms with Gasteiger partial charge in [-0.2, -0.15) is 0 Å². The molecule has 1 atom stereocenters. The smallest absolute Gasteiger partial charge is 0.410 e. The molecule has 1 aliphatic rings. The Morgan fingerprint density at radius 1 is 1.22 bits per heavy atom. The van der Waals surface area contributed by atoms with E-state index in [0.717, 1.165) is 5.56 Å². The minimum atomic E-state index is -1.60. The van der Waals surface area contributed by atoms with Crippen molar-refractivity contribution in [3.05, 3.63) is 35.9 Å². The summed E-state index contributed by atoms with van der Waals surface area (Å²) in [5, 5.41) is 12.1. The molecule has 1 aromatic carbocycles. The van der Waals surface area contributed by atoms with Gasteiger partial charge in [-0.1, -0.05) is 30.3 Å². The average molecular weight is 378 g/mol. The molecule has 27 heavy (non-hydrogen) atoms. The lowest BCUT2D eigenvalue weighted by atomic mass is 9.89. The van der Waals surface area contributed by atoms with Gasteiger partial charge in [0.25, 0.3) is 0 Å². The molecule has 0 saturated carbocycles. The number of rotatable bonds is 4. The van der Waals surface area contributed by atoms with Crippen LogP contribution in [0.1, 0.15) is 39.2 Å². The number of carboxylic acids is 1. The lowest BCUT2D eigenvalue weighted by Crippen LogP contribution is -2.64. The molecule has 2 rings (SSSR count). The van der Waals surface area contributed by atoms with Crippen LogP contribution in [0.3, 0.4) is 0 Å². The Balaban J connectivity index is 2.02. The molecule has 1 fully saturated rings. The largest absolute Gasteiger partial charge is 0.479 e. The number of carbonyl (C=O) groups excluding carboxylic acids is 2. The minimum Gasteiger partial charge on any atom is -0.479 e. The summed E-state index contributed by atoms with van der Waals surface area (Å²) in [6.07, 6.45) is -0.827. The number of aliphatic carboxylic acids is 1. The van der Waals surface area contributed by atoms with Crippen molar-refractivity contribution in [3.8, 4) is 0 Å². The molecule has 8 heteroatoms. The number of piperidine rings is 1. The molecule has 0 spiro atoms. The maximum absolute atomic E-state index is 12.4.